The zero-order chi connectivity index (χ0) is 15.0. The summed E-state index contributed by atoms with van der Waals surface area (Å²) in [6, 6.07) is 1.78. The first-order valence-corrected chi connectivity index (χ1v) is 7.41. The quantitative estimate of drug-likeness (QED) is 0.669. The van der Waals surface area contributed by atoms with Crippen LogP contribution in [0.25, 0.3) is 6.08 Å². The first-order valence-electron chi connectivity index (χ1n) is 6.53. The van der Waals surface area contributed by atoms with Crippen molar-refractivity contribution in [2.24, 2.45) is 0 Å². The van der Waals surface area contributed by atoms with Gasteiger partial charge in [-0.05, 0) is 35.9 Å². The number of fused-ring (bicyclic) bond motifs is 2. The van der Waals surface area contributed by atoms with Gasteiger partial charge in [-0.25, -0.2) is 4.79 Å². The minimum atomic E-state index is -1.02. The average Bonchev–Trinajstić information content (AvgIpc) is 3.07. The van der Waals surface area contributed by atoms with Gasteiger partial charge in [-0.3, -0.25) is 14.5 Å². The molecule has 3 heterocycles. The summed E-state index contributed by atoms with van der Waals surface area (Å²) in [5.74, 6) is -1.56. The van der Waals surface area contributed by atoms with E-state index in [1.165, 1.54) is 22.3 Å². The second-order valence-electron chi connectivity index (χ2n) is 4.97. The lowest BCUT2D eigenvalue weighted by atomic mass is 10.2. The van der Waals surface area contributed by atoms with Crippen LogP contribution in [0.2, 0.25) is 0 Å². The molecule has 0 radical (unpaired) electrons. The first-order chi connectivity index (χ1) is 10.0. The number of aliphatic carboxylic acids is 1. The molecule has 1 aromatic heterocycles. The molecule has 0 spiro atoms. The Labute approximate surface area is 124 Å². The number of hydrogen-bond donors (Lipinski definition) is 1. The molecule has 2 fully saturated rings. The van der Waals surface area contributed by atoms with Gasteiger partial charge in [0.2, 0.25) is 0 Å². The molecule has 0 aliphatic carbocycles. The topological polar surface area (TPSA) is 83.9 Å². The highest BCUT2D eigenvalue weighted by Crippen LogP contribution is 2.30. The molecule has 2 saturated heterocycles. The van der Waals surface area contributed by atoms with Crippen molar-refractivity contribution in [2.45, 2.75) is 31.6 Å². The van der Waals surface area contributed by atoms with E-state index in [0.29, 0.717) is 12.8 Å². The van der Waals surface area contributed by atoms with Crippen LogP contribution in [0.15, 0.2) is 17.5 Å². The van der Waals surface area contributed by atoms with Crippen LogP contribution in [0, 0.1) is 0 Å². The van der Waals surface area contributed by atoms with E-state index in [4.69, 9.17) is 9.84 Å². The Kier molecular flexibility index (Phi) is 3.60. The number of ether oxygens (including phenoxy) is 1. The zero-order valence-corrected chi connectivity index (χ0v) is 11.8. The predicted molar refractivity (Wildman–Crippen MR) is 74.4 cm³/mol. The van der Waals surface area contributed by atoms with Crippen LogP contribution >= 0.6 is 11.3 Å². The molecule has 2 aliphatic rings. The third kappa shape index (κ3) is 2.74. The largest absolute Gasteiger partial charge is 0.478 e. The maximum atomic E-state index is 12.1. The second kappa shape index (κ2) is 5.42. The summed E-state index contributed by atoms with van der Waals surface area (Å²) in [5.41, 5.74) is 0.744. The van der Waals surface area contributed by atoms with Crippen LogP contribution in [-0.2, 0) is 25.7 Å². The summed E-state index contributed by atoms with van der Waals surface area (Å²) in [5, 5.41) is 10.4. The van der Waals surface area contributed by atoms with Gasteiger partial charge < -0.3 is 9.84 Å². The molecule has 2 bridgehead atoms. The lowest BCUT2D eigenvalue weighted by molar-refractivity contribution is -0.169. The molecule has 0 aromatic carbocycles. The Morgan fingerprint density at radius 2 is 2.05 bits per heavy atom. The number of carboxylic acids is 1. The van der Waals surface area contributed by atoms with Crippen LogP contribution in [-0.4, -0.2) is 40.0 Å². The van der Waals surface area contributed by atoms with Crippen LogP contribution in [0.1, 0.15) is 23.3 Å². The lowest BCUT2D eigenvalue weighted by Gasteiger charge is -2.29. The second-order valence-corrected chi connectivity index (χ2v) is 5.97. The third-order valence-electron chi connectivity index (χ3n) is 3.51. The average molecular weight is 307 g/mol. The normalized spacial score (nSPS) is 25.0. The number of rotatable bonds is 4. The van der Waals surface area contributed by atoms with Crippen molar-refractivity contribution >= 4 is 35.2 Å². The lowest BCUT2D eigenvalue weighted by Crippen LogP contribution is -2.51. The number of imide groups is 1. The van der Waals surface area contributed by atoms with E-state index in [0.717, 1.165) is 16.5 Å². The molecule has 21 heavy (non-hydrogen) atoms. The van der Waals surface area contributed by atoms with Crippen molar-refractivity contribution in [1.29, 1.82) is 0 Å². The fraction of sp³-hybridized carbons (Fsp3) is 0.357. The van der Waals surface area contributed by atoms with Crippen molar-refractivity contribution in [3.05, 3.63) is 28.0 Å². The molecule has 6 nitrogen and oxygen atoms in total. The van der Waals surface area contributed by atoms with E-state index in [9.17, 15) is 14.4 Å². The fourth-order valence-corrected chi connectivity index (χ4v) is 3.35. The van der Waals surface area contributed by atoms with Crippen molar-refractivity contribution in [2.75, 3.05) is 0 Å². The molecule has 2 aliphatic heterocycles. The van der Waals surface area contributed by atoms with Gasteiger partial charge in [0.15, 0.2) is 0 Å². The van der Waals surface area contributed by atoms with Crippen molar-refractivity contribution in [1.82, 2.24) is 4.90 Å². The van der Waals surface area contributed by atoms with E-state index in [1.54, 1.807) is 11.4 Å². The maximum absolute atomic E-state index is 12.1. The van der Waals surface area contributed by atoms with Crippen molar-refractivity contribution in [3.63, 3.8) is 0 Å². The highest BCUT2D eigenvalue weighted by atomic mass is 32.1. The van der Waals surface area contributed by atoms with Crippen LogP contribution in [0.3, 0.4) is 0 Å². The van der Waals surface area contributed by atoms with E-state index in [1.807, 2.05) is 0 Å². The number of likely N-dealkylation sites (tertiary alicyclic amines) is 1. The Balaban J connectivity index is 1.73. The molecule has 3 rings (SSSR count). The maximum Gasteiger partial charge on any atom is 0.328 e. The summed E-state index contributed by atoms with van der Waals surface area (Å²) >= 11 is 1.39. The van der Waals surface area contributed by atoms with Gasteiger partial charge in [0, 0.05) is 11.0 Å². The monoisotopic (exact) mass is 307 g/mol. The Morgan fingerprint density at radius 1 is 1.38 bits per heavy atom. The number of carbonyl (C=O) groups is 3. The minimum absolute atomic E-state index is 0.222. The molecule has 110 valence electrons. The third-order valence-corrected chi connectivity index (χ3v) is 4.45. The summed E-state index contributed by atoms with van der Waals surface area (Å²) in [6.45, 7) is 0.222. The SMILES string of the molecule is O=C(O)/C=C/c1csc(CN2C(=O)C3CCC(O3)C2=O)c1. The standard InChI is InChI=1S/C14H13NO5S/c16-12(17)4-1-8-5-9(21-7-8)6-15-13(18)10-2-3-11(20-10)14(15)19/h1,4-5,7,10-11H,2-3,6H2,(H,16,17)/b4-1+. The highest BCUT2D eigenvalue weighted by Gasteiger charge is 2.46. The van der Waals surface area contributed by atoms with E-state index < -0.39 is 18.2 Å². The van der Waals surface area contributed by atoms with Crippen LogP contribution in [0.5, 0.6) is 0 Å². The number of thiophene rings is 1. The first kappa shape index (κ1) is 14.0. The van der Waals surface area contributed by atoms with Crippen LogP contribution < -0.4 is 0 Å². The zero-order valence-electron chi connectivity index (χ0n) is 11.0. The van der Waals surface area contributed by atoms with E-state index in [2.05, 4.69) is 0 Å². The number of carboxylic acid groups (broad SMARTS) is 1. The number of morpholine rings is 1. The molecule has 0 saturated carbocycles. The molecule has 2 amide bonds. The minimum Gasteiger partial charge on any atom is -0.478 e. The smallest absolute Gasteiger partial charge is 0.328 e. The summed E-state index contributed by atoms with van der Waals surface area (Å²) < 4.78 is 5.35. The number of nitrogens with zero attached hydrogens (tertiary/aromatic N) is 1. The summed E-state index contributed by atoms with van der Waals surface area (Å²) in [7, 11) is 0. The number of carbonyl (C=O) groups excluding carboxylic acids is 2. The number of amides is 2. The van der Waals surface area contributed by atoms with Gasteiger partial charge in [-0.2, -0.15) is 0 Å². The molecule has 1 N–H and O–H groups in total. The van der Waals surface area contributed by atoms with Gasteiger partial charge in [0.25, 0.3) is 11.8 Å². The Hall–Kier alpha value is -1.99. The molecule has 1 aromatic rings. The molecular weight excluding hydrogens is 294 g/mol. The van der Waals surface area contributed by atoms with Crippen LogP contribution in [0.4, 0.5) is 0 Å². The molecular formula is C14H13NO5S. The molecule has 7 heteroatoms. The molecule has 2 unspecified atom stereocenters. The highest BCUT2D eigenvalue weighted by molar-refractivity contribution is 7.10. The van der Waals surface area contributed by atoms with Gasteiger partial charge in [0.05, 0.1) is 6.54 Å². The van der Waals surface area contributed by atoms with Crippen molar-refractivity contribution < 1.29 is 24.2 Å². The van der Waals surface area contributed by atoms with E-state index >= 15 is 0 Å². The van der Waals surface area contributed by atoms with Gasteiger partial charge in [0.1, 0.15) is 12.2 Å². The fourth-order valence-electron chi connectivity index (χ4n) is 2.50. The number of hydrogen-bond acceptors (Lipinski definition) is 5. The van der Waals surface area contributed by atoms with Gasteiger partial charge in [-0.1, -0.05) is 0 Å². The molecule has 2 atom stereocenters. The summed E-state index contributed by atoms with van der Waals surface area (Å²) in [6.07, 6.45) is 2.76. The summed E-state index contributed by atoms with van der Waals surface area (Å²) in [4.78, 5) is 36.8. The Morgan fingerprint density at radius 3 is 2.67 bits per heavy atom. The predicted octanol–water partition coefficient (Wildman–Crippen LogP) is 1.26. The van der Waals surface area contributed by atoms with E-state index in [-0.39, 0.29) is 18.4 Å². The van der Waals surface area contributed by atoms with Crippen molar-refractivity contribution in [3.8, 4) is 0 Å². The van der Waals surface area contributed by atoms with Gasteiger partial charge in [-0.15, -0.1) is 11.3 Å². The van der Waals surface area contributed by atoms with Gasteiger partial charge >= 0.3 is 5.97 Å². The Bertz CT molecular complexity index is 613.